The van der Waals surface area contributed by atoms with Crippen LogP contribution < -0.4 is 0 Å². The second kappa shape index (κ2) is 11.2. The molecule has 0 saturated carbocycles. The molecule has 2 aromatic rings. The first-order chi connectivity index (χ1) is 10.7. The number of nitrogens with zero attached hydrogens (tertiary/aromatic N) is 2. The number of thioether (sulfide) groups is 1. The number of fused-ring (bicyclic) bond motifs is 1. The maximum absolute atomic E-state index is 11.4. The van der Waals surface area contributed by atoms with Crippen LogP contribution in [0.2, 0.25) is 0 Å². The fraction of sp³-hybridized carbons (Fsp3) is 0.500. The van der Waals surface area contributed by atoms with Crippen LogP contribution in [-0.2, 0) is 12.2 Å². The Morgan fingerprint density at radius 3 is 2.14 bits per heavy atom. The molecule has 0 spiro atoms. The summed E-state index contributed by atoms with van der Waals surface area (Å²) in [6.07, 6.45) is 2.92. The molecule has 4 heteroatoms. The number of hydrogen-bond acceptors (Lipinski definition) is 4. The lowest BCUT2D eigenvalue weighted by Crippen LogP contribution is -2.01. The third-order valence-electron chi connectivity index (χ3n) is 2.84. The molecule has 2 rings (SSSR count). The molecular weight excluding hydrogens is 292 g/mol. The summed E-state index contributed by atoms with van der Waals surface area (Å²) < 4.78 is 0. The SMILES string of the molecule is CC.CC.CCc1nc2cc(C(C)=O)ccc2nc1CSC. The highest BCUT2D eigenvalue weighted by molar-refractivity contribution is 7.97. The van der Waals surface area contributed by atoms with Crippen LogP contribution in [0.4, 0.5) is 0 Å². The van der Waals surface area contributed by atoms with Crippen LogP contribution in [0.3, 0.4) is 0 Å². The van der Waals surface area contributed by atoms with Crippen LogP contribution in [0.5, 0.6) is 0 Å². The minimum absolute atomic E-state index is 0.0601. The number of Topliss-reactive ketones (excluding diaryl/α,β-unsaturated/α-hetero) is 1. The number of carbonyl (C=O) groups is 1. The molecule has 0 N–H and O–H groups in total. The highest BCUT2D eigenvalue weighted by Crippen LogP contribution is 2.18. The Balaban J connectivity index is 0.00000102. The van der Waals surface area contributed by atoms with Crippen molar-refractivity contribution >= 4 is 28.6 Å². The lowest BCUT2D eigenvalue weighted by atomic mass is 10.1. The third-order valence-corrected chi connectivity index (χ3v) is 3.40. The summed E-state index contributed by atoms with van der Waals surface area (Å²) in [4.78, 5) is 20.6. The van der Waals surface area contributed by atoms with Gasteiger partial charge in [-0.2, -0.15) is 11.8 Å². The van der Waals surface area contributed by atoms with Gasteiger partial charge in [-0.1, -0.05) is 34.6 Å². The normalized spacial score (nSPS) is 9.41. The van der Waals surface area contributed by atoms with Gasteiger partial charge in [0.2, 0.25) is 0 Å². The van der Waals surface area contributed by atoms with Crippen LogP contribution in [0.15, 0.2) is 18.2 Å². The zero-order chi connectivity index (χ0) is 17.1. The van der Waals surface area contributed by atoms with Crippen molar-refractivity contribution < 1.29 is 4.79 Å². The summed E-state index contributed by atoms with van der Waals surface area (Å²) in [5.74, 6) is 0.936. The zero-order valence-electron chi connectivity index (χ0n) is 14.9. The Bertz CT molecular complexity index is 597. The number of carbonyl (C=O) groups excluding carboxylic acids is 1. The monoisotopic (exact) mass is 320 g/mol. The van der Waals surface area contributed by atoms with E-state index in [9.17, 15) is 4.79 Å². The first-order valence-corrected chi connectivity index (χ1v) is 9.34. The number of hydrogen-bond donors (Lipinski definition) is 0. The lowest BCUT2D eigenvalue weighted by molar-refractivity contribution is 0.101. The van der Waals surface area contributed by atoms with Gasteiger partial charge in [0.05, 0.1) is 22.4 Å². The molecule has 1 aromatic carbocycles. The summed E-state index contributed by atoms with van der Waals surface area (Å²) in [7, 11) is 0. The molecule has 0 fully saturated rings. The van der Waals surface area contributed by atoms with Gasteiger partial charge in [-0.05, 0) is 37.8 Å². The van der Waals surface area contributed by atoms with Crippen LogP contribution in [-0.4, -0.2) is 22.0 Å². The van der Waals surface area contributed by atoms with Gasteiger partial charge in [-0.3, -0.25) is 4.79 Å². The molecule has 22 heavy (non-hydrogen) atoms. The smallest absolute Gasteiger partial charge is 0.159 e. The lowest BCUT2D eigenvalue weighted by Gasteiger charge is -2.07. The molecular formula is C18H28N2OS. The van der Waals surface area contributed by atoms with Crippen molar-refractivity contribution in [2.24, 2.45) is 0 Å². The van der Waals surface area contributed by atoms with E-state index < -0.39 is 0 Å². The topological polar surface area (TPSA) is 42.9 Å². The van der Waals surface area contributed by atoms with Crippen molar-refractivity contribution in [2.45, 2.75) is 53.7 Å². The third kappa shape index (κ3) is 5.41. The van der Waals surface area contributed by atoms with Gasteiger partial charge in [-0.15, -0.1) is 0 Å². The molecule has 1 aromatic heterocycles. The van der Waals surface area contributed by atoms with Gasteiger partial charge in [-0.25, -0.2) is 9.97 Å². The van der Waals surface area contributed by atoms with Crippen LogP contribution in [0.1, 0.15) is 63.3 Å². The van der Waals surface area contributed by atoms with Crippen molar-refractivity contribution in [2.75, 3.05) is 6.26 Å². The Morgan fingerprint density at radius 2 is 1.64 bits per heavy atom. The van der Waals surface area contributed by atoms with Crippen LogP contribution in [0, 0.1) is 0 Å². The molecule has 0 bridgehead atoms. The molecule has 1 heterocycles. The molecule has 0 aliphatic rings. The number of aryl methyl sites for hydroxylation is 1. The van der Waals surface area contributed by atoms with E-state index in [1.807, 2.05) is 45.9 Å². The quantitative estimate of drug-likeness (QED) is 0.716. The molecule has 0 unspecified atom stereocenters. The predicted molar refractivity (Wildman–Crippen MR) is 98.8 cm³/mol. The van der Waals surface area contributed by atoms with Gasteiger partial charge in [0.25, 0.3) is 0 Å². The first kappa shape index (κ1) is 20.6. The molecule has 0 radical (unpaired) electrons. The van der Waals surface area contributed by atoms with E-state index in [1.54, 1.807) is 18.7 Å². The number of ketones is 1. The fourth-order valence-corrected chi connectivity index (χ4v) is 2.39. The van der Waals surface area contributed by atoms with Crippen molar-refractivity contribution in [3.8, 4) is 0 Å². The minimum Gasteiger partial charge on any atom is -0.295 e. The van der Waals surface area contributed by atoms with E-state index in [-0.39, 0.29) is 5.78 Å². The van der Waals surface area contributed by atoms with Crippen LogP contribution >= 0.6 is 11.8 Å². The number of rotatable bonds is 4. The van der Waals surface area contributed by atoms with E-state index in [0.717, 1.165) is 34.6 Å². The Kier molecular flexibility index (Phi) is 10.5. The Labute approximate surface area is 138 Å². The van der Waals surface area contributed by atoms with Crippen molar-refractivity contribution in [3.05, 3.63) is 35.2 Å². The molecule has 0 atom stereocenters. The van der Waals surface area contributed by atoms with E-state index in [4.69, 9.17) is 0 Å². The average molecular weight is 321 g/mol. The summed E-state index contributed by atoms with van der Waals surface area (Å²) in [5, 5.41) is 0. The number of aromatic nitrogens is 2. The average Bonchev–Trinajstić information content (AvgIpc) is 2.57. The highest BCUT2D eigenvalue weighted by Gasteiger charge is 2.08. The second-order valence-electron chi connectivity index (χ2n) is 4.16. The summed E-state index contributed by atoms with van der Waals surface area (Å²) >= 11 is 1.74. The van der Waals surface area contributed by atoms with E-state index >= 15 is 0 Å². The van der Waals surface area contributed by atoms with Crippen molar-refractivity contribution in [1.82, 2.24) is 9.97 Å². The van der Waals surface area contributed by atoms with E-state index in [1.165, 1.54) is 0 Å². The summed E-state index contributed by atoms with van der Waals surface area (Å²) in [5.41, 5.74) is 4.44. The van der Waals surface area contributed by atoms with Gasteiger partial charge >= 0.3 is 0 Å². The van der Waals surface area contributed by atoms with Crippen molar-refractivity contribution in [3.63, 3.8) is 0 Å². The largest absolute Gasteiger partial charge is 0.295 e. The maximum Gasteiger partial charge on any atom is 0.159 e. The van der Waals surface area contributed by atoms with Gasteiger partial charge in [0.15, 0.2) is 5.78 Å². The standard InChI is InChI=1S/C14H16N2OS.2C2H6/c1-4-11-14(8-18-3)16-12-6-5-10(9(2)17)7-13(12)15-11;2*1-2/h5-7H,4,8H2,1-3H3;2*1-2H3. The van der Waals surface area contributed by atoms with E-state index in [2.05, 4.69) is 23.1 Å². The molecule has 122 valence electrons. The van der Waals surface area contributed by atoms with Crippen LogP contribution in [0.25, 0.3) is 11.0 Å². The summed E-state index contributed by atoms with van der Waals surface area (Å²) in [6.45, 7) is 11.6. The molecule has 0 aliphatic carbocycles. The molecule has 0 aliphatic heterocycles. The summed E-state index contributed by atoms with van der Waals surface area (Å²) in [6, 6.07) is 5.52. The predicted octanol–water partition coefficient (Wildman–Crippen LogP) is 5.31. The van der Waals surface area contributed by atoms with Gasteiger partial charge in [0.1, 0.15) is 0 Å². The Hall–Kier alpha value is -1.42. The van der Waals surface area contributed by atoms with Gasteiger partial charge in [0, 0.05) is 11.3 Å². The molecule has 3 nitrogen and oxygen atoms in total. The second-order valence-corrected chi connectivity index (χ2v) is 5.03. The Morgan fingerprint density at radius 1 is 1.05 bits per heavy atom. The number of benzene rings is 1. The molecule has 0 amide bonds. The molecule has 0 saturated heterocycles. The minimum atomic E-state index is 0.0601. The van der Waals surface area contributed by atoms with E-state index in [0.29, 0.717) is 5.56 Å². The maximum atomic E-state index is 11.4. The van der Waals surface area contributed by atoms with Gasteiger partial charge < -0.3 is 0 Å². The van der Waals surface area contributed by atoms with Crippen molar-refractivity contribution in [1.29, 1.82) is 0 Å². The highest BCUT2D eigenvalue weighted by atomic mass is 32.2. The zero-order valence-corrected chi connectivity index (χ0v) is 15.7. The fourth-order valence-electron chi connectivity index (χ4n) is 1.88. The first-order valence-electron chi connectivity index (χ1n) is 7.95.